The third-order valence-corrected chi connectivity index (χ3v) is 1.60. The number of hydrogen-bond donors (Lipinski definition) is 4. The van der Waals surface area contributed by atoms with Gasteiger partial charge in [-0.25, -0.2) is 4.79 Å². The Bertz CT molecular complexity index is 184. The minimum Gasteiger partial charge on any atom is -0.354 e. The Balaban J connectivity index is 3.22. The number of nitrogens with one attached hydrogen (secondary N) is 2. The van der Waals surface area contributed by atoms with Crippen LogP contribution in [0.3, 0.4) is 0 Å². The van der Waals surface area contributed by atoms with Crippen molar-refractivity contribution in [3.05, 3.63) is 0 Å². The monoisotopic (exact) mass is 202 g/mol. The smallest absolute Gasteiger partial charge is 0.312 e. The highest BCUT2D eigenvalue weighted by Crippen LogP contribution is 1.92. The van der Waals surface area contributed by atoms with Gasteiger partial charge in [-0.2, -0.15) is 0 Å². The topological polar surface area (TPSA) is 110 Å². The molecule has 0 aliphatic heterocycles. The summed E-state index contributed by atoms with van der Waals surface area (Å²) in [6.07, 6.45) is 2.13. The maximum atomic E-state index is 11.1. The van der Waals surface area contributed by atoms with Crippen molar-refractivity contribution in [2.75, 3.05) is 19.6 Å². The van der Waals surface area contributed by atoms with Crippen LogP contribution in [-0.4, -0.2) is 31.6 Å². The van der Waals surface area contributed by atoms with E-state index >= 15 is 0 Å². The van der Waals surface area contributed by atoms with E-state index in [1.165, 1.54) is 0 Å². The predicted molar refractivity (Wildman–Crippen MR) is 53.5 cm³/mol. The van der Waals surface area contributed by atoms with Crippen molar-refractivity contribution in [3.63, 3.8) is 0 Å². The maximum absolute atomic E-state index is 11.1. The molecule has 0 unspecified atom stereocenters. The van der Waals surface area contributed by atoms with Crippen LogP contribution in [0.1, 0.15) is 19.3 Å². The molecule has 3 amide bonds. The zero-order chi connectivity index (χ0) is 10.8. The first-order valence-electron chi connectivity index (χ1n) is 4.67. The molecule has 6 nitrogen and oxygen atoms in total. The summed E-state index contributed by atoms with van der Waals surface area (Å²) < 4.78 is 0. The van der Waals surface area contributed by atoms with Crippen molar-refractivity contribution in [3.8, 4) is 0 Å². The highest BCUT2D eigenvalue weighted by molar-refractivity contribution is 5.76. The highest BCUT2D eigenvalue weighted by atomic mass is 16.2. The number of carbonyl (C=O) groups is 2. The second kappa shape index (κ2) is 8.31. The molecular weight excluding hydrogens is 184 g/mol. The van der Waals surface area contributed by atoms with E-state index in [4.69, 9.17) is 11.5 Å². The van der Waals surface area contributed by atoms with Crippen LogP contribution in [0.5, 0.6) is 0 Å². The Morgan fingerprint density at radius 1 is 1.07 bits per heavy atom. The summed E-state index contributed by atoms with van der Waals surface area (Å²) in [5, 5.41) is 5.02. The number of nitrogens with two attached hydrogens (primary N) is 2. The van der Waals surface area contributed by atoms with Crippen LogP contribution in [-0.2, 0) is 4.79 Å². The van der Waals surface area contributed by atoms with Gasteiger partial charge in [0.1, 0.15) is 0 Å². The lowest BCUT2D eigenvalue weighted by Gasteiger charge is -2.04. The molecule has 0 aromatic carbocycles. The van der Waals surface area contributed by atoms with Gasteiger partial charge in [-0.05, 0) is 19.4 Å². The molecule has 6 heteroatoms. The predicted octanol–water partition coefficient (Wildman–Crippen LogP) is -1.10. The van der Waals surface area contributed by atoms with E-state index < -0.39 is 6.03 Å². The van der Waals surface area contributed by atoms with Gasteiger partial charge in [-0.15, -0.1) is 0 Å². The van der Waals surface area contributed by atoms with Gasteiger partial charge < -0.3 is 22.1 Å². The summed E-state index contributed by atoms with van der Waals surface area (Å²) in [5.41, 5.74) is 10.1. The van der Waals surface area contributed by atoms with Gasteiger partial charge in [0.15, 0.2) is 0 Å². The molecule has 0 bridgehead atoms. The first-order chi connectivity index (χ1) is 6.66. The fourth-order valence-electron chi connectivity index (χ4n) is 0.906. The van der Waals surface area contributed by atoms with Crippen LogP contribution < -0.4 is 22.1 Å². The van der Waals surface area contributed by atoms with Crippen molar-refractivity contribution in [2.24, 2.45) is 11.5 Å². The molecule has 82 valence electrons. The van der Waals surface area contributed by atoms with Gasteiger partial charge in [-0.3, -0.25) is 4.79 Å². The molecule has 0 atom stereocenters. The van der Waals surface area contributed by atoms with Crippen LogP contribution in [0.25, 0.3) is 0 Å². The van der Waals surface area contributed by atoms with Crippen LogP contribution in [0, 0.1) is 0 Å². The van der Waals surface area contributed by atoms with Crippen LogP contribution in [0.2, 0.25) is 0 Å². The lowest BCUT2D eigenvalue weighted by atomic mass is 10.2. The summed E-state index contributed by atoms with van der Waals surface area (Å²) in [7, 11) is 0. The molecule has 0 radical (unpaired) electrons. The van der Waals surface area contributed by atoms with E-state index in [1.807, 2.05) is 0 Å². The molecular formula is C8H18N4O2. The van der Waals surface area contributed by atoms with Crippen LogP contribution >= 0.6 is 0 Å². The van der Waals surface area contributed by atoms with E-state index in [2.05, 4.69) is 10.6 Å². The first kappa shape index (κ1) is 12.7. The number of hydrogen-bond acceptors (Lipinski definition) is 3. The fourth-order valence-corrected chi connectivity index (χ4v) is 0.906. The van der Waals surface area contributed by atoms with E-state index in [9.17, 15) is 9.59 Å². The zero-order valence-electron chi connectivity index (χ0n) is 8.21. The van der Waals surface area contributed by atoms with Crippen molar-refractivity contribution >= 4 is 11.9 Å². The fraction of sp³-hybridized carbons (Fsp3) is 0.750. The molecule has 0 heterocycles. The van der Waals surface area contributed by atoms with Gasteiger partial charge >= 0.3 is 6.03 Å². The number of carbonyl (C=O) groups excluding carboxylic acids is 2. The van der Waals surface area contributed by atoms with Gasteiger partial charge in [0, 0.05) is 19.5 Å². The number of urea groups is 1. The normalized spacial score (nSPS) is 9.50. The first-order valence-corrected chi connectivity index (χ1v) is 4.67. The molecule has 0 spiro atoms. The third-order valence-electron chi connectivity index (χ3n) is 1.60. The molecule has 0 rings (SSSR count). The van der Waals surface area contributed by atoms with Gasteiger partial charge in [0.25, 0.3) is 0 Å². The largest absolute Gasteiger partial charge is 0.354 e. The molecule has 6 N–H and O–H groups in total. The average molecular weight is 202 g/mol. The van der Waals surface area contributed by atoms with Crippen LogP contribution in [0.15, 0.2) is 0 Å². The number of primary amides is 1. The van der Waals surface area contributed by atoms with Gasteiger partial charge in [-0.1, -0.05) is 0 Å². The third kappa shape index (κ3) is 8.79. The molecule has 0 aliphatic rings. The van der Waals surface area contributed by atoms with Gasteiger partial charge in [0.2, 0.25) is 5.91 Å². The number of amides is 3. The zero-order valence-corrected chi connectivity index (χ0v) is 8.21. The Morgan fingerprint density at radius 2 is 1.71 bits per heavy atom. The molecule has 0 aromatic heterocycles. The molecule has 14 heavy (non-hydrogen) atoms. The lowest BCUT2D eigenvalue weighted by Crippen LogP contribution is -2.37. The van der Waals surface area contributed by atoms with Crippen molar-refractivity contribution in [2.45, 2.75) is 19.3 Å². The second-order valence-electron chi connectivity index (χ2n) is 2.89. The molecule has 0 saturated carbocycles. The number of rotatable bonds is 7. The standard InChI is InChI=1S/C8H18N4O2/c9-4-2-1-3-7(13)11-5-6-12-8(10)14/h1-6,9H2,(H,11,13)(H3,10,12,14). The summed E-state index contributed by atoms with van der Waals surface area (Å²) >= 11 is 0. The van der Waals surface area contributed by atoms with E-state index in [-0.39, 0.29) is 5.91 Å². The Labute approximate surface area is 83.4 Å². The molecule has 0 aromatic rings. The summed E-state index contributed by atoms with van der Waals surface area (Å²) in [6.45, 7) is 1.37. The van der Waals surface area contributed by atoms with E-state index in [0.29, 0.717) is 26.1 Å². The minimum absolute atomic E-state index is 0.0234. The maximum Gasteiger partial charge on any atom is 0.312 e. The van der Waals surface area contributed by atoms with Gasteiger partial charge in [0.05, 0.1) is 0 Å². The van der Waals surface area contributed by atoms with Crippen LogP contribution in [0.4, 0.5) is 4.79 Å². The Morgan fingerprint density at radius 3 is 2.29 bits per heavy atom. The molecule has 0 saturated heterocycles. The Kier molecular flexibility index (Phi) is 7.53. The lowest BCUT2D eigenvalue weighted by molar-refractivity contribution is -0.121. The number of unbranched alkanes of at least 4 members (excludes halogenated alkanes) is 1. The van der Waals surface area contributed by atoms with Crippen molar-refractivity contribution < 1.29 is 9.59 Å². The van der Waals surface area contributed by atoms with Crippen molar-refractivity contribution in [1.82, 2.24) is 10.6 Å². The van der Waals surface area contributed by atoms with Crippen molar-refractivity contribution in [1.29, 1.82) is 0 Å². The quantitative estimate of drug-likeness (QED) is 0.393. The minimum atomic E-state index is -0.581. The Hall–Kier alpha value is -1.30. The summed E-state index contributed by atoms with van der Waals surface area (Å²) in [4.78, 5) is 21.3. The second-order valence-corrected chi connectivity index (χ2v) is 2.89. The van der Waals surface area contributed by atoms with E-state index in [0.717, 1.165) is 12.8 Å². The summed E-state index contributed by atoms with van der Waals surface area (Å²) in [6, 6.07) is -0.581. The summed E-state index contributed by atoms with van der Waals surface area (Å²) in [5.74, 6) is -0.0234. The average Bonchev–Trinajstić information content (AvgIpc) is 2.13. The highest BCUT2D eigenvalue weighted by Gasteiger charge is 1.99. The van der Waals surface area contributed by atoms with E-state index in [1.54, 1.807) is 0 Å². The molecule has 0 fully saturated rings. The SMILES string of the molecule is NCCCCC(=O)NCCNC(N)=O. The molecule has 0 aliphatic carbocycles.